The van der Waals surface area contributed by atoms with Gasteiger partial charge in [0.25, 0.3) is 10.0 Å². The molecule has 5 aromatic rings. The summed E-state index contributed by atoms with van der Waals surface area (Å²) in [5.41, 5.74) is 4.99. The SMILES string of the molecule is CSc1cc(C)c2c(ccn2S(=O)(=O)c2ccc(C)cc2)c1/C(=N/[S+]([O-])C(C)(C)C)c1nc2cc(C#N)ccc2n1COCC[Si](C)(C)C. The summed E-state index contributed by atoms with van der Waals surface area (Å²) >= 11 is -0.217. The Balaban J connectivity index is 1.82. The Hall–Kier alpha value is -3.38. The van der Waals surface area contributed by atoms with Gasteiger partial charge in [-0.1, -0.05) is 41.7 Å². The van der Waals surface area contributed by atoms with E-state index in [1.807, 2.05) is 57.6 Å². The van der Waals surface area contributed by atoms with Gasteiger partial charge in [-0.15, -0.1) is 11.8 Å². The van der Waals surface area contributed by atoms with Crippen molar-refractivity contribution in [1.82, 2.24) is 13.5 Å². The number of nitrogens with zero attached hydrogens (tertiary/aromatic N) is 5. The van der Waals surface area contributed by atoms with Crippen molar-refractivity contribution in [2.45, 2.75) is 81.6 Å². The number of imidazole rings is 1. The van der Waals surface area contributed by atoms with Crippen molar-refractivity contribution in [1.29, 1.82) is 5.26 Å². The summed E-state index contributed by atoms with van der Waals surface area (Å²) in [6.45, 7) is 17.0. The number of hydrogen-bond donors (Lipinski definition) is 0. The largest absolute Gasteiger partial charge is 0.591 e. The number of ether oxygens (including phenoxy) is 1. The van der Waals surface area contributed by atoms with Crippen LogP contribution in [0.3, 0.4) is 0 Å². The molecule has 0 N–H and O–H groups in total. The zero-order valence-corrected chi connectivity index (χ0v) is 32.9. The molecule has 258 valence electrons. The van der Waals surface area contributed by atoms with E-state index in [0.29, 0.717) is 45.7 Å². The summed E-state index contributed by atoms with van der Waals surface area (Å²) in [4.78, 5) is 6.03. The van der Waals surface area contributed by atoms with Crippen LogP contribution in [0.25, 0.3) is 21.9 Å². The van der Waals surface area contributed by atoms with E-state index in [9.17, 15) is 18.2 Å². The van der Waals surface area contributed by atoms with Gasteiger partial charge in [-0.2, -0.15) is 5.26 Å². The van der Waals surface area contributed by atoms with Crippen LogP contribution in [0.15, 0.2) is 75.0 Å². The van der Waals surface area contributed by atoms with Gasteiger partial charge < -0.3 is 9.29 Å². The fraction of sp³-hybridized carbons (Fsp3) is 0.361. The molecule has 0 amide bonds. The predicted octanol–water partition coefficient (Wildman–Crippen LogP) is 8.05. The molecular formula is C36H43N5O4S3Si. The maximum absolute atomic E-state index is 14.1. The maximum Gasteiger partial charge on any atom is 0.268 e. The Bertz CT molecular complexity index is 2200. The molecule has 2 heterocycles. The Morgan fingerprint density at radius 1 is 1.10 bits per heavy atom. The lowest BCUT2D eigenvalue weighted by Crippen LogP contribution is -2.28. The number of hydrogen-bond acceptors (Lipinski definition) is 8. The van der Waals surface area contributed by atoms with E-state index < -0.39 is 34.2 Å². The smallest absolute Gasteiger partial charge is 0.268 e. The molecule has 0 saturated heterocycles. The molecule has 2 aromatic heterocycles. The third-order valence-electron chi connectivity index (χ3n) is 8.13. The van der Waals surface area contributed by atoms with Crippen LogP contribution in [0.1, 0.15) is 48.8 Å². The van der Waals surface area contributed by atoms with Gasteiger partial charge >= 0.3 is 0 Å². The van der Waals surface area contributed by atoms with Gasteiger partial charge in [-0.3, -0.25) is 4.57 Å². The average Bonchev–Trinajstić information content (AvgIpc) is 3.64. The number of fused-ring (bicyclic) bond motifs is 2. The second kappa shape index (κ2) is 14.1. The highest BCUT2D eigenvalue weighted by Crippen LogP contribution is 2.37. The molecule has 0 spiro atoms. The topological polar surface area (TPSA) is 125 Å². The molecule has 0 aliphatic carbocycles. The molecule has 0 saturated carbocycles. The highest BCUT2D eigenvalue weighted by molar-refractivity contribution is 7.98. The minimum Gasteiger partial charge on any atom is -0.591 e. The fourth-order valence-corrected chi connectivity index (χ4v) is 8.85. The predicted molar refractivity (Wildman–Crippen MR) is 204 cm³/mol. The van der Waals surface area contributed by atoms with E-state index in [0.717, 1.165) is 27.6 Å². The standard InChI is InChI=1S/C36H43N5O4S3Si/c1-24-10-13-27(14-11-24)48(43,44)41-17-16-28-32(31(46-6)20-25(2)34(28)41)33(39-47(42)36(3,4)5)35-38-29-21-26(22-37)12-15-30(29)40(35)23-45-18-19-49(7,8)9/h10-17,20-21H,18-19,23H2,1-9H3/b39-33-. The molecule has 0 aliphatic rings. The van der Waals surface area contributed by atoms with Gasteiger partial charge in [0.15, 0.2) is 11.5 Å². The van der Waals surface area contributed by atoms with E-state index in [2.05, 4.69) is 25.7 Å². The minimum absolute atomic E-state index is 0.163. The first kappa shape index (κ1) is 36.9. The molecule has 0 fully saturated rings. The van der Waals surface area contributed by atoms with Crippen LogP contribution in [-0.2, 0) is 32.9 Å². The lowest BCUT2D eigenvalue weighted by molar-refractivity contribution is 0.0895. The summed E-state index contributed by atoms with van der Waals surface area (Å²) in [5, 5.41) is 10.3. The molecule has 3 aromatic carbocycles. The number of aryl methyl sites for hydroxylation is 2. The van der Waals surface area contributed by atoms with Crippen molar-refractivity contribution in [3.05, 3.63) is 88.9 Å². The summed E-state index contributed by atoms with van der Waals surface area (Å²) in [6, 6.07) is 19.0. The number of nitriles is 1. The van der Waals surface area contributed by atoms with Gasteiger partial charge in [0.1, 0.15) is 22.8 Å². The highest BCUT2D eigenvalue weighted by atomic mass is 32.2. The van der Waals surface area contributed by atoms with Crippen LogP contribution >= 0.6 is 11.8 Å². The van der Waals surface area contributed by atoms with Gasteiger partial charge in [-0.05, 0) is 94.9 Å². The average molecular weight is 734 g/mol. The number of aromatic nitrogens is 3. The quantitative estimate of drug-likeness (QED) is 0.0442. The summed E-state index contributed by atoms with van der Waals surface area (Å²) in [7, 11) is -5.33. The van der Waals surface area contributed by atoms with Crippen LogP contribution in [-0.4, -0.2) is 57.9 Å². The Kier molecular flexibility index (Phi) is 10.6. The normalized spacial score (nSPS) is 13.7. The zero-order valence-electron chi connectivity index (χ0n) is 29.5. The molecule has 13 heteroatoms. The Morgan fingerprint density at radius 2 is 1.80 bits per heavy atom. The van der Waals surface area contributed by atoms with Crippen molar-refractivity contribution in [2.75, 3.05) is 12.9 Å². The van der Waals surface area contributed by atoms with Crippen LogP contribution in [0.4, 0.5) is 0 Å². The van der Waals surface area contributed by atoms with Crippen molar-refractivity contribution < 1.29 is 17.7 Å². The molecule has 1 unspecified atom stereocenters. The molecule has 1 atom stereocenters. The third-order valence-corrected chi connectivity index (χ3v) is 13.7. The van der Waals surface area contributed by atoms with Crippen LogP contribution < -0.4 is 0 Å². The van der Waals surface area contributed by atoms with Gasteiger partial charge in [0.2, 0.25) is 0 Å². The van der Waals surface area contributed by atoms with Crippen molar-refractivity contribution in [3.8, 4) is 6.07 Å². The zero-order chi connectivity index (χ0) is 35.9. The van der Waals surface area contributed by atoms with Crippen molar-refractivity contribution >= 4 is 68.9 Å². The van der Waals surface area contributed by atoms with Gasteiger partial charge in [0.05, 0.1) is 33.1 Å². The third kappa shape index (κ3) is 7.70. The maximum atomic E-state index is 14.1. The molecule has 9 nitrogen and oxygen atoms in total. The van der Waals surface area contributed by atoms with Crippen LogP contribution in [0, 0.1) is 25.2 Å². The number of thioether (sulfide) groups is 1. The fourth-order valence-electron chi connectivity index (χ4n) is 5.36. The Morgan fingerprint density at radius 3 is 2.41 bits per heavy atom. The molecule has 0 aliphatic heterocycles. The van der Waals surface area contributed by atoms with E-state index >= 15 is 0 Å². The second-order valence-corrected chi connectivity index (χ2v) is 24.5. The monoisotopic (exact) mass is 733 g/mol. The summed E-state index contributed by atoms with van der Waals surface area (Å²) in [6.07, 6.45) is 3.52. The van der Waals surface area contributed by atoms with Gasteiger partial charge in [-0.25, -0.2) is 17.4 Å². The molecule has 0 radical (unpaired) electrons. The van der Waals surface area contributed by atoms with Gasteiger partial charge in [0, 0.05) is 36.7 Å². The Labute approximate surface area is 297 Å². The minimum atomic E-state index is -3.96. The first-order valence-electron chi connectivity index (χ1n) is 16.0. The van der Waals surface area contributed by atoms with E-state index in [-0.39, 0.29) is 11.6 Å². The first-order valence-corrected chi connectivity index (χ1v) is 23.4. The highest BCUT2D eigenvalue weighted by Gasteiger charge is 2.33. The second-order valence-electron chi connectivity index (χ2n) is 14.3. The van der Waals surface area contributed by atoms with Crippen LogP contribution in [0.2, 0.25) is 25.7 Å². The summed E-state index contributed by atoms with van der Waals surface area (Å²) < 4.78 is 55.7. The molecule has 5 rings (SSSR count). The van der Waals surface area contributed by atoms with E-state index in [1.165, 1.54) is 15.7 Å². The first-order chi connectivity index (χ1) is 23.0. The number of benzene rings is 3. The van der Waals surface area contributed by atoms with E-state index in [4.69, 9.17) is 14.1 Å². The lowest BCUT2D eigenvalue weighted by Gasteiger charge is -2.21. The molecule has 0 bridgehead atoms. The van der Waals surface area contributed by atoms with Crippen molar-refractivity contribution in [2.24, 2.45) is 4.40 Å². The molecular weight excluding hydrogens is 691 g/mol. The summed E-state index contributed by atoms with van der Waals surface area (Å²) in [5.74, 6) is 0.422. The van der Waals surface area contributed by atoms with Crippen molar-refractivity contribution in [3.63, 3.8) is 0 Å². The van der Waals surface area contributed by atoms with E-state index in [1.54, 1.807) is 48.7 Å². The number of rotatable bonds is 11. The lowest BCUT2D eigenvalue weighted by atomic mass is 10.0. The van der Waals surface area contributed by atoms with Crippen LogP contribution in [0.5, 0.6) is 0 Å². The molecule has 49 heavy (non-hydrogen) atoms.